The number of likely N-dealkylation sites (tertiary alicyclic amines) is 1. The Morgan fingerprint density at radius 2 is 1.81 bits per heavy atom. The van der Waals surface area contributed by atoms with Crippen molar-refractivity contribution >= 4 is 28.7 Å². The molecule has 330 valence electrons. The summed E-state index contributed by atoms with van der Waals surface area (Å²) in [5, 5.41) is 11.2. The number of hydrogen-bond donors (Lipinski definition) is 1. The number of terminal acetylenes is 1. The molecule has 5 aliphatic rings. The Hall–Kier alpha value is -5.35. The quantitative estimate of drug-likeness (QED) is 0.0702. The first-order valence-corrected chi connectivity index (χ1v) is 23.0. The third-order valence-corrected chi connectivity index (χ3v) is 13.8. The molecule has 3 fully saturated rings. The number of carbonyl (C=O) groups is 1. The van der Waals surface area contributed by atoms with E-state index in [1.54, 1.807) is 18.3 Å². The van der Waals surface area contributed by atoms with Crippen LogP contribution in [0.5, 0.6) is 11.8 Å². The summed E-state index contributed by atoms with van der Waals surface area (Å²) >= 11 is 0. The van der Waals surface area contributed by atoms with Crippen LogP contribution in [0, 0.1) is 35.4 Å². The van der Waals surface area contributed by atoms with Gasteiger partial charge >= 0.3 is 6.01 Å². The number of phenolic OH excluding ortho intramolecular Hbond substituents is 1. The van der Waals surface area contributed by atoms with Crippen molar-refractivity contribution in [3.05, 3.63) is 88.9 Å². The topological polar surface area (TPSA) is 101 Å². The lowest BCUT2D eigenvalue weighted by atomic mass is 9.86. The number of allylic oxidation sites excluding steroid dienone is 2. The number of carbonyl (C=O) groups excluding carboxylic acids is 1. The van der Waals surface area contributed by atoms with Crippen molar-refractivity contribution in [2.24, 2.45) is 17.3 Å². The zero-order chi connectivity index (χ0) is 43.7. The Balaban J connectivity index is 0.837. The van der Waals surface area contributed by atoms with E-state index in [1.807, 2.05) is 17.1 Å². The molecule has 2 saturated heterocycles. The number of piperazine rings is 1. The van der Waals surface area contributed by atoms with Gasteiger partial charge < -0.3 is 29.4 Å². The molecule has 0 bridgehead atoms. The summed E-state index contributed by atoms with van der Waals surface area (Å²) in [4.78, 5) is 37.4. The molecular weight excluding hydrogens is 792 g/mol. The maximum atomic E-state index is 17.1. The van der Waals surface area contributed by atoms with Gasteiger partial charge in [0.2, 0.25) is 6.41 Å². The van der Waals surface area contributed by atoms with Crippen LogP contribution in [0.4, 0.5) is 10.2 Å². The number of benzene rings is 2. The highest BCUT2D eigenvalue weighted by atomic mass is 19.1. The van der Waals surface area contributed by atoms with Crippen molar-refractivity contribution in [2.45, 2.75) is 72.0 Å². The number of hydrogen-bond acceptors (Lipinski definition) is 10. The molecule has 0 atom stereocenters. The normalized spacial score (nSPS) is 19.1. The van der Waals surface area contributed by atoms with Crippen molar-refractivity contribution in [1.82, 2.24) is 34.6 Å². The molecule has 9 rings (SSSR count). The van der Waals surface area contributed by atoms with Crippen molar-refractivity contribution in [3.63, 3.8) is 0 Å². The van der Waals surface area contributed by atoms with Crippen molar-refractivity contribution in [2.75, 3.05) is 77.0 Å². The number of anilines is 1. The molecule has 0 spiro atoms. The van der Waals surface area contributed by atoms with E-state index in [0.717, 1.165) is 108 Å². The second kappa shape index (κ2) is 18.4. The van der Waals surface area contributed by atoms with Crippen LogP contribution in [-0.2, 0) is 30.8 Å². The Labute approximate surface area is 371 Å². The second-order valence-corrected chi connectivity index (χ2v) is 19.1. The fourth-order valence-electron chi connectivity index (χ4n) is 10.3. The van der Waals surface area contributed by atoms with Crippen LogP contribution >= 0.6 is 0 Å². The molecule has 11 nitrogen and oxygen atoms in total. The SMILES string of the molecule is C#CC1=CCCc2cc(O)cc(-c3ncc4c(N(CC=C)CC(C)C)nc(OCC5(CN6CCN(CC7CCN(Cc8ccc9c(c8)CN(C=O)C9)CC7)CC6)CC5)nc4c3F)c21. The molecule has 2 aromatic carbocycles. The lowest BCUT2D eigenvalue weighted by molar-refractivity contribution is -0.118. The molecule has 2 aromatic heterocycles. The maximum Gasteiger partial charge on any atom is 0.319 e. The zero-order valence-electron chi connectivity index (χ0n) is 37.0. The summed E-state index contributed by atoms with van der Waals surface area (Å²) in [7, 11) is 0. The molecule has 5 heterocycles. The first kappa shape index (κ1) is 42.9. The molecule has 1 amide bonds. The predicted molar refractivity (Wildman–Crippen MR) is 247 cm³/mol. The van der Waals surface area contributed by atoms with Crippen LogP contribution in [0.25, 0.3) is 27.7 Å². The van der Waals surface area contributed by atoms with Crippen LogP contribution in [0.15, 0.2) is 55.3 Å². The summed E-state index contributed by atoms with van der Waals surface area (Å²) in [5.41, 5.74) is 6.84. The minimum atomic E-state index is -0.604. The maximum absolute atomic E-state index is 17.1. The molecular formula is C51H61FN8O3. The van der Waals surface area contributed by atoms with Crippen molar-refractivity contribution in [3.8, 4) is 35.4 Å². The Morgan fingerprint density at radius 1 is 1.03 bits per heavy atom. The lowest BCUT2D eigenvalue weighted by Crippen LogP contribution is -2.50. The molecule has 4 aromatic rings. The van der Waals surface area contributed by atoms with E-state index in [1.165, 1.54) is 36.1 Å². The molecule has 0 unspecified atom stereocenters. The van der Waals surface area contributed by atoms with Crippen LogP contribution in [0.2, 0.25) is 0 Å². The van der Waals surface area contributed by atoms with Gasteiger partial charge in [-0.2, -0.15) is 9.97 Å². The molecule has 63 heavy (non-hydrogen) atoms. The molecule has 3 aliphatic heterocycles. The van der Waals surface area contributed by atoms with Crippen molar-refractivity contribution < 1.29 is 19.0 Å². The minimum Gasteiger partial charge on any atom is -0.508 e. The number of aryl methyl sites for hydroxylation is 1. The number of aromatic hydroxyl groups is 1. The van der Waals surface area contributed by atoms with Gasteiger partial charge in [0.25, 0.3) is 0 Å². The summed E-state index contributed by atoms with van der Waals surface area (Å²) in [6.07, 6.45) is 18.4. The summed E-state index contributed by atoms with van der Waals surface area (Å²) < 4.78 is 23.6. The number of halogens is 1. The van der Waals surface area contributed by atoms with Crippen molar-refractivity contribution in [1.29, 1.82) is 0 Å². The summed E-state index contributed by atoms with van der Waals surface area (Å²) in [5.74, 6) is 3.79. The van der Waals surface area contributed by atoms with E-state index in [-0.39, 0.29) is 28.4 Å². The predicted octanol–water partition coefficient (Wildman–Crippen LogP) is 7.31. The Kier molecular flexibility index (Phi) is 12.5. The molecule has 2 aliphatic carbocycles. The number of amides is 1. The van der Waals surface area contributed by atoms with E-state index >= 15 is 4.39 Å². The molecule has 1 N–H and O–H groups in total. The Bertz CT molecular complexity index is 2430. The smallest absolute Gasteiger partial charge is 0.319 e. The van der Waals surface area contributed by atoms with Crippen LogP contribution < -0.4 is 9.64 Å². The van der Waals surface area contributed by atoms with E-state index in [9.17, 15) is 9.90 Å². The van der Waals surface area contributed by atoms with Gasteiger partial charge in [-0.25, -0.2) is 4.39 Å². The highest BCUT2D eigenvalue weighted by Gasteiger charge is 2.45. The first-order chi connectivity index (χ1) is 30.6. The Morgan fingerprint density at radius 3 is 2.54 bits per heavy atom. The standard InChI is InChI=1S/C51H61FN8O3/c1-5-16-60(27-35(3)4)49-44-26-53-47(43-25-42(62)24-39-9-7-8-38(6-2)45(39)43)46(52)48(44)54-50(55-49)63-33-51(14-15-51)32-58-21-19-57(20-22-58)28-36-12-17-56(18-13-36)29-37-10-11-40-30-59(34-61)31-41(40)23-37/h2,5,8,10-11,23-26,34-36,62H,1,7,9,12-22,27-33H2,3-4H3. The van der Waals surface area contributed by atoms with Crippen LogP contribution in [-0.4, -0.2) is 118 Å². The number of ether oxygens (including phenoxy) is 1. The van der Waals surface area contributed by atoms with Gasteiger partial charge in [-0.15, -0.1) is 13.0 Å². The highest BCUT2D eigenvalue weighted by molar-refractivity contribution is 5.95. The monoisotopic (exact) mass is 852 g/mol. The number of nitrogens with zero attached hydrogens (tertiary/aromatic N) is 8. The molecule has 0 radical (unpaired) electrons. The van der Waals surface area contributed by atoms with Crippen LogP contribution in [0.1, 0.15) is 73.8 Å². The zero-order valence-corrected chi connectivity index (χ0v) is 37.0. The van der Waals surface area contributed by atoms with E-state index in [4.69, 9.17) is 21.1 Å². The summed E-state index contributed by atoms with van der Waals surface area (Å²) in [6.45, 7) is 21.0. The van der Waals surface area contributed by atoms with Crippen LogP contribution in [0.3, 0.4) is 0 Å². The van der Waals surface area contributed by atoms with Gasteiger partial charge in [-0.1, -0.05) is 50.1 Å². The number of phenols is 1. The molecule has 1 saturated carbocycles. The summed E-state index contributed by atoms with van der Waals surface area (Å²) in [6, 6.07) is 10.1. The number of fused-ring (bicyclic) bond motifs is 3. The van der Waals surface area contributed by atoms with E-state index < -0.39 is 5.82 Å². The average Bonchev–Trinajstić information content (AvgIpc) is 3.92. The van der Waals surface area contributed by atoms with E-state index in [2.05, 4.69) is 69.1 Å². The third-order valence-electron chi connectivity index (χ3n) is 13.8. The largest absolute Gasteiger partial charge is 0.508 e. The van der Waals surface area contributed by atoms with Gasteiger partial charge in [-0.3, -0.25) is 14.7 Å². The number of pyridine rings is 1. The second-order valence-electron chi connectivity index (χ2n) is 19.1. The third kappa shape index (κ3) is 9.47. The average molecular weight is 853 g/mol. The molecule has 12 heteroatoms. The lowest BCUT2D eigenvalue weighted by Gasteiger charge is -2.39. The fourth-order valence-corrected chi connectivity index (χ4v) is 10.3. The van der Waals surface area contributed by atoms with Gasteiger partial charge in [-0.05, 0) is 97.8 Å². The van der Waals surface area contributed by atoms with Gasteiger partial charge in [0.05, 0.1) is 12.0 Å². The van der Waals surface area contributed by atoms with Gasteiger partial charge in [0.1, 0.15) is 22.8 Å². The number of piperidine rings is 1. The number of aromatic nitrogens is 3. The highest BCUT2D eigenvalue weighted by Crippen LogP contribution is 2.47. The fraction of sp³-hybridized carbons (Fsp3) is 0.490. The van der Waals surface area contributed by atoms with E-state index in [0.29, 0.717) is 54.4 Å². The number of rotatable bonds is 16. The van der Waals surface area contributed by atoms with Gasteiger partial charge in [0.15, 0.2) is 5.82 Å². The first-order valence-electron chi connectivity index (χ1n) is 23.0. The minimum absolute atomic E-state index is 0.0133. The van der Waals surface area contributed by atoms with Gasteiger partial charge in [0, 0.05) is 100 Å².